The second-order valence-corrected chi connectivity index (χ2v) is 10.4. The fourth-order valence-electron chi connectivity index (χ4n) is 4.51. The number of amides is 1. The largest absolute Gasteiger partial charge is 0.472 e. The van der Waals surface area contributed by atoms with E-state index in [0.29, 0.717) is 0 Å². The normalized spacial score (nSPS) is 31.7. The number of hydrogen-bond acceptors (Lipinski definition) is 13. The molecule has 20 heteroatoms. The van der Waals surface area contributed by atoms with Gasteiger partial charge in [-0.1, -0.05) is 0 Å². The minimum Gasteiger partial charge on any atom is -0.394 e. The van der Waals surface area contributed by atoms with Crippen molar-refractivity contribution in [1.29, 1.82) is 0 Å². The molecule has 0 aromatic carbocycles. The van der Waals surface area contributed by atoms with E-state index in [4.69, 9.17) is 24.3 Å². The van der Waals surface area contributed by atoms with Gasteiger partial charge >= 0.3 is 19.2 Å². The van der Waals surface area contributed by atoms with Gasteiger partial charge in [0, 0.05) is 36.9 Å². The van der Waals surface area contributed by atoms with Crippen LogP contribution in [0.3, 0.4) is 0 Å². The number of aromatic amines is 2. The first kappa shape index (κ1) is 29.7. The van der Waals surface area contributed by atoms with Gasteiger partial charge < -0.3 is 35.4 Å². The van der Waals surface area contributed by atoms with Gasteiger partial charge in [-0.05, 0) is 0 Å². The highest BCUT2D eigenvalue weighted by Gasteiger charge is 2.51. The zero-order chi connectivity index (χ0) is 29.4. The second kappa shape index (κ2) is 11.7. The molecule has 0 spiro atoms. The first-order chi connectivity index (χ1) is 18.8. The van der Waals surface area contributed by atoms with E-state index in [2.05, 4.69) is 0 Å². The van der Waals surface area contributed by atoms with Crippen LogP contribution in [0.2, 0.25) is 0 Å². The Morgan fingerprint density at radius 3 is 2.05 bits per heavy atom. The molecule has 220 valence electrons. The highest BCUT2D eigenvalue weighted by atomic mass is 31.2. The third kappa shape index (κ3) is 6.22. The van der Waals surface area contributed by atoms with Crippen molar-refractivity contribution in [2.75, 3.05) is 13.2 Å². The quantitative estimate of drug-likeness (QED) is 0.128. The number of ether oxygens (including phenoxy) is 2. The number of primary amides is 1. The highest BCUT2D eigenvalue weighted by Crippen LogP contribution is 2.51. The summed E-state index contributed by atoms with van der Waals surface area (Å²) < 4.78 is 35.7. The van der Waals surface area contributed by atoms with Gasteiger partial charge in [0.1, 0.15) is 36.7 Å². The monoisotopic (exact) mass is 591 g/mol. The van der Waals surface area contributed by atoms with Crippen LogP contribution in [0.15, 0.2) is 43.7 Å². The Balaban J connectivity index is 1.50. The molecule has 0 saturated carbocycles. The minimum atomic E-state index is -5.09. The summed E-state index contributed by atoms with van der Waals surface area (Å²) >= 11 is 0. The minimum absolute atomic E-state index is 0.538. The molecule has 2 aliphatic rings. The van der Waals surface area contributed by atoms with Gasteiger partial charge in [0.25, 0.3) is 11.1 Å². The zero-order valence-corrected chi connectivity index (χ0v) is 21.2. The van der Waals surface area contributed by atoms with Crippen LogP contribution >= 0.6 is 7.82 Å². The fourth-order valence-corrected chi connectivity index (χ4v) is 5.51. The number of phosphoric acid groups is 1. The lowest BCUT2D eigenvalue weighted by atomic mass is 9.96. The summed E-state index contributed by atoms with van der Waals surface area (Å²) in [5.74, 6) is -2.12. The van der Waals surface area contributed by atoms with Gasteiger partial charge in [0.15, 0.2) is 6.23 Å². The van der Waals surface area contributed by atoms with Gasteiger partial charge in [-0.15, -0.1) is 0 Å². The lowest BCUT2D eigenvalue weighted by Gasteiger charge is -2.25. The standard InChI is InChI=1S/C20H26N5O14P/c21-11(27)5-8-16(9(6-26)37-17(8)24-3-1-12(28)22-19(24)32)39-40(34,35)36-7-10-14(30)15(31)18(38-10)25-4-2-13(29)23-20(25)33/h1-4,8-10,14-18,26,30-31H,5-7H2,(H2,21,27)(H,34,35)(H,22,28,32)(H,23,29,33)/t8-,9-,10-,14-,15-,16+,17-,18-/m1/s1. The number of phosphoric ester groups is 1. The molecule has 4 rings (SSSR count). The maximum Gasteiger partial charge on any atom is 0.472 e. The Morgan fingerprint density at radius 1 is 0.975 bits per heavy atom. The number of hydrogen-bond donors (Lipinski definition) is 7. The van der Waals surface area contributed by atoms with E-state index >= 15 is 0 Å². The maximum atomic E-state index is 12.9. The molecular weight excluding hydrogens is 565 g/mol. The summed E-state index contributed by atoms with van der Waals surface area (Å²) in [5.41, 5.74) is 1.98. The molecule has 4 heterocycles. The molecule has 2 aliphatic heterocycles. The number of carbonyl (C=O) groups excluding carboxylic acids is 1. The topological polar surface area (TPSA) is 288 Å². The molecule has 0 aliphatic carbocycles. The van der Waals surface area contributed by atoms with Gasteiger partial charge in [-0.3, -0.25) is 42.5 Å². The van der Waals surface area contributed by atoms with E-state index in [1.807, 2.05) is 9.97 Å². The van der Waals surface area contributed by atoms with Crippen LogP contribution in [-0.2, 0) is 27.9 Å². The third-order valence-corrected chi connectivity index (χ3v) is 7.32. The number of nitrogens with one attached hydrogen (secondary N) is 2. The molecule has 2 saturated heterocycles. The average Bonchev–Trinajstić information content (AvgIpc) is 3.33. The predicted octanol–water partition coefficient (Wildman–Crippen LogP) is -4.41. The number of rotatable bonds is 10. The van der Waals surface area contributed by atoms with E-state index in [0.717, 1.165) is 33.7 Å². The van der Waals surface area contributed by atoms with E-state index in [1.54, 1.807) is 0 Å². The molecule has 0 bridgehead atoms. The summed E-state index contributed by atoms with van der Waals surface area (Å²) in [7, 11) is -5.09. The summed E-state index contributed by atoms with van der Waals surface area (Å²) in [5, 5.41) is 30.4. The maximum absolute atomic E-state index is 12.9. The fraction of sp³-hybridized carbons (Fsp3) is 0.550. The number of aromatic nitrogens is 4. The van der Waals surface area contributed by atoms with E-state index in [1.165, 1.54) is 0 Å². The molecule has 2 aromatic heterocycles. The Bertz CT molecular complexity index is 1520. The zero-order valence-electron chi connectivity index (χ0n) is 20.3. The van der Waals surface area contributed by atoms with Crippen molar-refractivity contribution in [2.45, 2.75) is 49.4 Å². The summed E-state index contributed by atoms with van der Waals surface area (Å²) in [4.78, 5) is 73.2. The highest BCUT2D eigenvalue weighted by molar-refractivity contribution is 7.47. The van der Waals surface area contributed by atoms with Crippen molar-refractivity contribution in [1.82, 2.24) is 19.1 Å². The second-order valence-electron chi connectivity index (χ2n) is 9.00. The first-order valence-electron chi connectivity index (χ1n) is 11.7. The molecular formula is C20H26N5O14P. The number of aliphatic hydroxyl groups is 3. The van der Waals surface area contributed by atoms with Crippen LogP contribution in [-0.4, -0.2) is 89.0 Å². The van der Waals surface area contributed by atoms with Gasteiger partial charge in [0.2, 0.25) is 5.91 Å². The van der Waals surface area contributed by atoms with Crippen molar-refractivity contribution < 1.29 is 48.1 Å². The van der Waals surface area contributed by atoms with Crippen molar-refractivity contribution in [3.63, 3.8) is 0 Å². The van der Waals surface area contributed by atoms with E-state index in [9.17, 15) is 48.8 Å². The first-order valence-corrected chi connectivity index (χ1v) is 13.2. The predicted molar refractivity (Wildman–Crippen MR) is 128 cm³/mol. The third-order valence-electron chi connectivity index (χ3n) is 6.33. The number of carbonyl (C=O) groups is 1. The lowest BCUT2D eigenvalue weighted by Crippen LogP contribution is -2.38. The van der Waals surface area contributed by atoms with Crippen LogP contribution in [0.4, 0.5) is 0 Å². The van der Waals surface area contributed by atoms with Crippen LogP contribution in [0.25, 0.3) is 0 Å². The molecule has 8 N–H and O–H groups in total. The molecule has 19 nitrogen and oxygen atoms in total. The molecule has 2 fully saturated rings. The van der Waals surface area contributed by atoms with E-state index in [-0.39, 0.29) is 0 Å². The van der Waals surface area contributed by atoms with Crippen molar-refractivity contribution in [2.24, 2.45) is 11.7 Å². The molecule has 1 amide bonds. The molecule has 0 radical (unpaired) electrons. The molecule has 9 atom stereocenters. The van der Waals surface area contributed by atoms with Crippen molar-refractivity contribution in [3.05, 3.63) is 66.2 Å². The van der Waals surface area contributed by atoms with Gasteiger partial charge in [-0.2, -0.15) is 0 Å². The van der Waals surface area contributed by atoms with Crippen LogP contribution in [0.5, 0.6) is 0 Å². The number of nitrogens with two attached hydrogens (primary N) is 1. The van der Waals surface area contributed by atoms with Crippen LogP contribution in [0, 0.1) is 5.92 Å². The van der Waals surface area contributed by atoms with Gasteiger partial charge in [-0.25, -0.2) is 14.2 Å². The molecule has 1 unspecified atom stereocenters. The van der Waals surface area contributed by atoms with Crippen LogP contribution in [0.1, 0.15) is 18.9 Å². The smallest absolute Gasteiger partial charge is 0.394 e. The SMILES string of the molecule is NC(=O)C[C@@H]1[C@H](OP(=O)(O)OC[C@H]2O[C@@H](n3ccc(=O)[nH]c3=O)[C@H](O)[C@@H]2O)[C@@H](CO)O[C@H]1n1ccc(=O)[nH]c1=O. The van der Waals surface area contributed by atoms with Crippen molar-refractivity contribution in [3.8, 4) is 0 Å². The Kier molecular flexibility index (Phi) is 8.69. The Labute approximate surface area is 221 Å². The van der Waals surface area contributed by atoms with Gasteiger partial charge in [0.05, 0.1) is 13.2 Å². The van der Waals surface area contributed by atoms with Crippen LogP contribution < -0.4 is 28.2 Å². The number of nitrogens with zero attached hydrogens (tertiary/aromatic N) is 2. The van der Waals surface area contributed by atoms with E-state index < -0.39 is 105 Å². The summed E-state index contributed by atoms with van der Waals surface area (Å²) in [6.45, 7) is -1.64. The molecule has 2 aromatic rings. The number of H-pyrrole nitrogens is 2. The summed E-state index contributed by atoms with van der Waals surface area (Å²) in [6, 6.07) is 1.96. The Morgan fingerprint density at radius 2 is 1.52 bits per heavy atom. The Hall–Kier alpha value is -3.26. The average molecular weight is 591 g/mol. The van der Waals surface area contributed by atoms with Crippen molar-refractivity contribution >= 4 is 13.7 Å². The molecule has 40 heavy (non-hydrogen) atoms. The summed E-state index contributed by atoms with van der Waals surface area (Å²) in [6.07, 6.45) is -9.06. The number of aliphatic hydroxyl groups excluding tert-OH is 3. The lowest BCUT2D eigenvalue weighted by molar-refractivity contribution is -0.120.